The van der Waals surface area contributed by atoms with Gasteiger partial charge in [0.05, 0.1) is 0 Å². The summed E-state index contributed by atoms with van der Waals surface area (Å²) >= 11 is 0. The average Bonchev–Trinajstić information content (AvgIpc) is 2.35. The molecule has 0 saturated heterocycles. The zero-order valence-electron chi connectivity index (χ0n) is 10.8. The van der Waals surface area contributed by atoms with Crippen LogP contribution in [0.1, 0.15) is 23.6 Å². The Morgan fingerprint density at radius 3 is 2.71 bits per heavy atom. The molecule has 17 heavy (non-hydrogen) atoms. The van der Waals surface area contributed by atoms with Crippen LogP contribution >= 0.6 is 0 Å². The molecule has 0 bridgehead atoms. The standard InChI is InChI=1S/C16H21N/c1-5-9-14(6-2)16-11-8-10-15(13(16)4)12-17-7-3/h5-6,8-11,17H,1-2,7,12H2,3-4H3/b14-9+. The third kappa shape index (κ3) is 3.43. The first-order valence-corrected chi connectivity index (χ1v) is 5.99. The highest BCUT2D eigenvalue weighted by Gasteiger charge is 2.05. The molecule has 0 aliphatic rings. The SMILES string of the molecule is C=C/C=C(\C=C)c1cccc(CNCC)c1C. The van der Waals surface area contributed by atoms with E-state index >= 15 is 0 Å². The van der Waals surface area contributed by atoms with Crippen molar-refractivity contribution in [2.24, 2.45) is 0 Å². The molecule has 1 heteroatoms. The van der Waals surface area contributed by atoms with Crippen LogP contribution in [0.2, 0.25) is 0 Å². The molecule has 0 heterocycles. The maximum atomic E-state index is 3.86. The first-order chi connectivity index (χ1) is 8.24. The summed E-state index contributed by atoms with van der Waals surface area (Å²) in [6.07, 6.45) is 5.67. The van der Waals surface area contributed by atoms with Crippen LogP contribution in [0.15, 0.2) is 49.6 Å². The molecule has 0 fully saturated rings. The molecular formula is C16H21N. The maximum Gasteiger partial charge on any atom is 0.0208 e. The number of allylic oxidation sites excluding steroid dienone is 4. The van der Waals surface area contributed by atoms with Crippen molar-refractivity contribution in [3.8, 4) is 0 Å². The van der Waals surface area contributed by atoms with Gasteiger partial charge in [-0.05, 0) is 35.7 Å². The number of rotatable bonds is 6. The summed E-state index contributed by atoms with van der Waals surface area (Å²) in [6.45, 7) is 13.8. The fraction of sp³-hybridized carbons (Fsp3) is 0.250. The van der Waals surface area contributed by atoms with E-state index in [1.807, 2.05) is 12.2 Å². The fourth-order valence-electron chi connectivity index (χ4n) is 1.84. The van der Waals surface area contributed by atoms with Gasteiger partial charge >= 0.3 is 0 Å². The second kappa shape index (κ2) is 6.87. The summed E-state index contributed by atoms with van der Waals surface area (Å²) < 4.78 is 0. The molecule has 1 N–H and O–H groups in total. The van der Waals surface area contributed by atoms with E-state index in [4.69, 9.17) is 0 Å². The molecule has 0 aliphatic heterocycles. The predicted octanol–water partition coefficient (Wildman–Crippen LogP) is 3.86. The van der Waals surface area contributed by atoms with Crippen LogP contribution in [-0.2, 0) is 6.54 Å². The van der Waals surface area contributed by atoms with Crippen molar-refractivity contribution in [3.63, 3.8) is 0 Å². The zero-order valence-corrected chi connectivity index (χ0v) is 10.8. The molecule has 0 radical (unpaired) electrons. The molecule has 0 aliphatic carbocycles. The van der Waals surface area contributed by atoms with E-state index in [9.17, 15) is 0 Å². The first-order valence-electron chi connectivity index (χ1n) is 5.99. The summed E-state index contributed by atoms with van der Waals surface area (Å²) in [4.78, 5) is 0. The monoisotopic (exact) mass is 227 g/mol. The van der Waals surface area contributed by atoms with Gasteiger partial charge in [0.1, 0.15) is 0 Å². The van der Waals surface area contributed by atoms with Crippen LogP contribution in [0.3, 0.4) is 0 Å². The highest BCUT2D eigenvalue weighted by Crippen LogP contribution is 2.22. The van der Waals surface area contributed by atoms with Gasteiger partial charge in [0.25, 0.3) is 0 Å². The molecule has 0 unspecified atom stereocenters. The van der Waals surface area contributed by atoms with Crippen LogP contribution in [0, 0.1) is 6.92 Å². The lowest BCUT2D eigenvalue weighted by molar-refractivity contribution is 0.723. The van der Waals surface area contributed by atoms with E-state index in [1.54, 1.807) is 6.08 Å². The van der Waals surface area contributed by atoms with Crippen molar-refractivity contribution in [3.05, 3.63) is 66.3 Å². The number of hydrogen-bond acceptors (Lipinski definition) is 1. The highest BCUT2D eigenvalue weighted by atomic mass is 14.8. The maximum absolute atomic E-state index is 3.86. The zero-order chi connectivity index (χ0) is 12.7. The Kier molecular flexibility index (Phi) is 5.44. The van der Waals surface area contributed by atoms with Crippen LogP contribution in [0.5, 0.6) is 0 Å². The van der Waals surface area contributed by atoms with E-state index in [0.717, 1.165) is 18.7 Å². The molecule has 1 aromatic carbocycles. The van der Waals surface area contributed by atoms with Gasteiger partial charge < -0.3 is 5.32 Å². The third-order valence-electron chi connectivity index (χ3n) is 2.84. The van der Waals surface area contributed by atoms with Crippen LogP contribution in [-0.4, -0.2) is 6.54 Å². The Morgan fingerprint density at radius 2 is 2.12 bits per heavy atom. The first kappa shape index (κ1) is 13.5. The Hall–Kier alpha value is -1.60. The second-order valence-corrected chi connectivity index (χ2v) is 3.93. The van der Waals surface area contributed by atoms with Gasteiger partial charge in [-0.3, -0.25) is 0 Å². The summed E-state index contributed by atoms with van der Waals surface area (Å²) in [5.41, 5.74) is 4.99. The average molecular weight is 227 g/mol. The third-order valence-corrected chi connectivity index (χ3v) is 2.84. The van der Waals surface area contributed by atoms with Crippen LogP contribution < -0.4 is 5.32 Å². The molecule has 0 amide bonds. The van der Waals surface area contributed by atoms with Gasteiger partial charge in [0.15, 0.2) is 0 Å². The summed E-state index contributed by atoms with van der Waals surface area (Å²) in [5.74, 6) is 0. The largest absolute Gasteiger partial charge is 0.313 e. The van der Waals surface area contributed by atoms with Gasteiger partial charge in [-0.1, -0.05) is 56.5 Å². The molecule has 0 aromatic heterocycles. The van der Waals surface area contributed by atoms with Gasteiger partial charge in [0, 0.05) is 6.54 Å². The molecule has 0 saturated carbocycles. The van der Waals surface area contributed by atoms with Gasteiger partial charge in [-0.15, -0.1) is 0 Å². The van der Waals surface area contributed by atoms with Crippen LogP contribution in [0.25, 0.3) is 5.57 Å². The Balaban J connectivity index is 3.12. The molecule has 1 aromatic rings. The predicted molar refractivity (Wildman–Crippen MR) is 76.9 cm³/mol. The van der Waals surface area contributed by atoms with Crippen molar-refractivity contribution in [1.29, 1.82) is 0 Å². The Morgan fingerprint density at radius 1 is 1.35 bits per heavy atom. The van der Waals surface area contributed by atoms with Crippen molar-refractivity contribution in [2.45, 2.75) is 20.4 Å². The molecular weight excluding hydrogens is 206 g/mol. The summed E-state index contributed by atoms with van der Waals surface area (Å²) in [6, 6.07) is 6.38. The summed E-state index contributed by atoms with van der Waals surface area (Å²) in [5, 5.41) is 3.36. The minimum Gasteiger partial charge on any atom is -0.313 e. The minimum absolute atomic E-state index is 0.911. The van der Waals surface area contributed by atoms with E-state index in [1.165, 1.54) is 16.7 Å². The molecule has 0 atom stereocenters. The van der Waals surface area contributed by atoms with Crippen molar-refractivity contribution >= 4 is 5.57 Å². The highest BCUT2D eigenvalue weighted by molar-refractivity contribution is 5.77. The lowest BCUT2D eigenvalue weighted by Crippen LogP contribution is -2.13. The van der Waals surface area contributed by atoms with Gasteiger partial charge in [0.2, 0.25) is 0 Å². The topological polar surface area (TPSA) is 12.0 Å². The van der Waals surface area contributed by atoms with Crippen LogP contribution in [0.4, 0.5) is 0 Å². The molecule has 1 rings (SSSR count). The minimum atomic E-state index is 0.911. The van der Waals surface area contributed by atoms with E-state index in [-0.39, 0.29) is 0 Å². The van der Waals surface area contributed by atoms with Crippen molar-refractivity contribution in [2.75, 3.05) is 6.54 Å². The second-order valence-electron chi connectivity index (χ2n) is 3.93. The molecule has 1 nitrogen and oxygen atoms in total. The van der Waals surface area contributed by atoms with E-state index in [2.05, 4.69) is 50.5 Å². The molecule has 90 valence electrons. The van der Waals surface area contributed by atoms with Crippen molar-refractivity contribution in [1.82, 2.24) is 5.32 Å². The lowest BCUT2D eigenvalue weighted by atomic mass is 9.96. The number of hydrogen-bond donors (Lipinski definition) is 1. The number of benzene rings is 1. The van der Waals surface area contributed by atoms with Gasteiger partial charge in [-0.25, -0.2) is 0 Å². The normalized spacial score (nSPS) is 11.3. The Bertz CT molecular complexity index is 427. The van der Waals surface area contributed by atoms with Gasteiger partial charge in [-0.2, -0.15) is 0 Å². The van der Waals surface area contributed by atoms with E-state index < -0.39 is 0 Å². The summed E-state index contributed by atoms with van der Waals surface area (Å²) in [7, 11) is 0. The number of nitrogens with one attached hydrogen (secondary N) is 1. The smallest absolute Gasteiger partial charge is 0.0208 e. The van der Waals surface area contributed by atoms with E-state index in [0.29, 0.717) is 0 Å². The quantitative estimate of drug-likeness (QED) is 0.728. The fourth-order valence-corrected chi connectivity index (χ4v) is 1.84. The Labute approximate surface area is 105 Å². The lowest BCUT2D eigenvalue weighted by Gasteiger charge is -2.12. The van der Waals surface area contributed by atoms with Crippen molar-refractivity contribution < 1.29 is 0 Å². The molecule has 0 spiro atoms.